The van der Waals surface area contributed by atoms with Crippen LogP contribution in [0.15, 0.2) is 36.5 Å². The van der Waals surface area contributed by atoms with E-state index in [4.69, 9.17) is 9.47 Å². The highest BCUT2D eigenvalue weighted by atomic mass is 19.1. The van der Waals surface area contributed by atoms with Crippen molar-refractivity contribution in [2.75, 3.05) is 14.2 Å². The molecule has 5 heteroatoms. The van der Waals surface area contributed by atoms with Crippen LogP contribution in [0.3, 0.4) is 0 Å². The number of ketones is 1. The molecule has 98 valence electrons. The Bertz CT molecular complexity index is 574. The third-order valence-corrected chi connectivity index (χ3v) is 2.57. The molecule has 0 saturated heterocycles. The number of nitrogens with zero attached hydrogens (tertiary/aromatic N) is 1. The lowest BCUT2D eigenvalue weighted by Gasteiger charge is -2.07. The normalized spacial score (nSPS) is 10.1. The summed E-state index contributed by atoms with van der Waals surface area (Å²) in [5, 5.41) is 0. The van der Waals surface area contributed by atoms with Crippen molar-refractivity contribution in [1.29, 1.82) is 0 Å². The highest BCUT2D eigenvalue weighted by Crippen LogP contribution is 2.23. The van der Waals surface area contributed by atoms with E-state index in [1.165, 1.54) is 26.4 Å². The molecule has 0 aliphatic rings. The van der Waals surface area contributed by atoms with Crippen molar-refractivity contribution in [2.45, 2.75) is 0 Å². The Morgan fingerprint density at radius 3 is 2.21 bits per heavy atom. The number of methoxy groups -OCH3 is 2. The molecule has 0 atom stereocenters. The topological polar surface area (TPSA) is 48.4 Å². The van der Waals surface area contributed by atoms with Crippen LogP contribution in [0.2, 0.25) is 0 Å². The van der Waals surface area contributed by atoms with Crippen LogP contribution in [0.25, 0.3) is 0 Å². The molecular weight excluding hydrogens is 249 g/mol. The molecule has 2 rings (SSSR count). The van der Waals surface area contributed by atoms with Gasteiger partial charge in [0.05, 0.1) is 20.4 Å². The summed E-state index contributed by atoms with van der Waals surface area (Å²) in [4.78, 5) is 16.0. The Balaban J connectivity index is 2.40. The van der Waals surface area contributed by atoms with Gasteiger partial charge in [-0.1, -0.05) is 0 Å². The molecule has 0 bridgehead atoms. The van der Waals surface area contributed by atoms with Crippen molar-refractivity contribution in [2.24, 2.45) is 0 Å². The highest BCUT2D eigenvalue weighted by Gasteiger charge is 2.13. The second-order valence-electron chi connectivity index (χ2n) is 3.79. The molecular formula is C14H12FNO3. The molecule has 0 amide bonds. The summed E-state index contributed by atoms with van der Waals surface area (Å²) in [5.74, 6) is 0.201. The summed E-state index contributed by atoms with van der Waals surface area (Å²) in [5.41, 5.74) is 0.534. The van der Waals surface area contributed by atoms with Crippen molar-refractivity contribution in [1.82, 2.24) is 4.98 Å². The van der Waals surface area contributed by atoms with Gasteiger partial charge in [-0.2, -0.15) is 0 Å². The van der Waals surface area contributed by atoms with Crippen molar-refractivity contribution in [3.63, 3.8) is 0 Å². The molecule has 0 fully saturated rings. The molecule has 1 aromatic carbocycles. The molecule has 4 nitrogen and oxygen atoms in total. The lowest BCUT2D eigenvalue weighted by molar-refractivity contribution is 0.103. The number of hydrogen-bond acceptors (Lipinski definition) is 4. The highest BCUT2D eigenvalue weighted by molar-refractivity contribution is 6.08. The molecule has 0 aliphatic heterocycles. The van der Waals surface area contributed by atoms with E-state index in [-0.39, 0.29) is 11.5 Å². The van der Waals surface area contributed by atoms with E-state index in [1.54, 1.807) is 18.2 Å². The van der Waals surface area contributed by atoms with Gasteiger partial charge in [-0.05, 0) is 24.3 Å². The van der Waals surface area contributed by atoms with Gasteiger partial charge in [-0.25, -0.2) is 9.37 Å². The maximum atomic E-state index is 12.8. The SMILES string of the molecule is COc1cc(OC)cc(C(=O)c2ccc(F)cn2)c1. The minimum Gasteiger partial charge on any atom is -0.497 e. The third-order valence-electron chi connectivity index (χ3n) is 2.57. The zero-order chi connectivity index (χ0) is 13.8. The minimum atomic E-state index is -0.486. The molecule has 2 aromatic rings. The van der Waals surface area contributed by atoms with E-state index < -0.39 is 5.82 Å². The van der Waals surface area contributed by atoms with E-state index in [0.717, 1.165) is 6.20 Å². The average molecular weight is 261 g/mol. The Labute approximate surface area is 109 Å². The van der Waals surface area contributed by atoms with Gasteiger partial charge in [-0.3, -0.25) is 4.79 Å². The quantitative estimate of drug-likeness (QED) is 0.793. The lowest BCUT2D eigenvalue weighted by atomic mass is 10.1. The summed E-state index contributed by atoms with van der Waals surface area (Å²) in [7, 11) is 3.00. The second kappa shape index (κ2) is 5.48. The molecule has 19 heavy (non-hydrogen) atoms. The van der Waals surface area contributed by atoms with Crippen LogP contribution in [-0.2, 0) is 0 Å². The van der Waals surface area contributed by atoms with Crippen LogP contribution in [0.1, 0.15) is 16.1 Å². The van der Waals surface area contributed by atoms with Crippen LogP contribution >= 0.6 is 0 Å². The number of pyridine rings is 1. The Morgan fingerprint density at radius 1 is 1.11 bits per heavy atom. The van der Waals surface area contributed by atoms with Gasteiger partial charge in [-0.15, -0.1) is 0 Å². The van der Waals surface area contributed by atoms with Gasteiger partial charge in [0.2, 0.25) is 5.78 Å². The lowest BCUT2D eigenvalue weighted by Crippen LogP contribution is -2.05. The van der Waals surface area contributed by atoms with E-state index in [0.29, 0.717) is 17.1 Å². The molecule has 1 aromatic heterocycles. The molecule has 0 unspecified atom stereocenters. The molecule has 0 spiro atoms. The van der Waals surface area contributed by atoms with Crippen molar-refractivity contribution in [3.05, 3.63) is 53.6 Å². The Morgan fingerprint density at radius 2 is 1.74 bits per heavy atom. The van der Waals surface area contributed by atoms with Gasteiger partial charge >= 0.3 is 0 Å². The third kappa shape index (κ3) is 2.88. The van der Waals surface area contributed by atoms with E-state index in [9.17, 15) is 9.18 Å². The van der Waals surface area contributed by atoms with Crippen LogP contribution < -0.4 is 9.47 Å². The first-order chi connectivity index (χ1) is 9.13. The fraction of sp³-hybridized carbons (Fsp3) is 0.143. The summed E-state index contributed by atoms with van der Waals surface area (Å²) >= 11 is 0. The first-order valence-corrected chi connectivity index (χ1v) is 5.53. The van der Waals surface area contributed by atoms with E-state index >= 15 is 0 Å². The number of carbonyl (C=O) groups excluding carboxylic acids is 1. The summed E-state index contributed by atoms with van der Waals surface area (Å²) in [6.45, 7) is 0. The van der Waals surface area contributed by atoms with Crippen molar-refractivity contribution >= 4 is 5.78 Å². The first-order valence-electron chi connectivity index (χ1n) is 5.53. The zero-order valence-corrected chi connectivity index (χ0v) is 10.5. The summed E-state index contributed by atoms with van der Waals surface area (Å²) < 4.78 is 23.0. The monoisotopic (exact) mass is 261 g/mol. The van der Waals surface area contributed by atoms with Crippen LogP contribution in [0, 0.1) is 5.82 Å². The molecule has 0 N–H and O–H groups in total. The largest absolute Gasteiger partial charge is 0.497 e. The molecule has 0 saturated carbocycles. The first kappa shape index (κ1) is 13.0. The van der Waals surface area contributed by atoms with Gasteiger partial charge < -0.3 is 9.47 Å². The maximum absolute atomic E-state index is 12.8. The number of hydrogen-bond donors (Lipinski definition) is 0. The van der Waals surface area contributed by atoms with E-state index in [2.05, 4.69) is 4.98 Å². The van der Waals surface area contributed by atoms with Gasteiger partial charge in [0.25, 0.3) is 0 Å². The second-order valence-corrected chi connectivity index (χ2v) is 3.79. The fourth-order valence-corrected chi connectivity index (χ4v) is 1.60. The number of halogens is 1. The zero-order valence-electron chi connectivity index (χ0n) is 10.5. The number of benzene rings is 1. The number of rotatable bonds is 4. The minimum absolute atomic E-state index is 0.164. The smallest absolute Gasteiger partial charge is 0.211 e. The van der Waals surface area contributed by atoms with Crippen molar-refractivity contribution in [3.8, 4) is 11.5 Å². The van der Waals surface area contributed by atoms with Crippen molar-refractivity contribution < 1.29 is 18.7 Å². The summed E-state index contributed by atoms with van der Waals surface area (Å²) in [6, 6.07) is 7.35. The molecule has 1 heterocycles. The standard InChI is InChI=1S/C14H12FNO3/c1-18-11-5-9(6-12(7-11)19-2)14(17)13-4-3-10(15)8-16-13/h3-8H,1-2H3. The van der Waals surface area contributed by atoms with Crippen LogP contribution in [0.5, 0.6) is 11.5 Å². The van der Waals surface area contributed by atoms with Gasteiger partial charge in [0.15, 0.2) is 0 Å². The van der Waals surface area contributed by atoms with Crippen LogP contribution in [-0.4, -0.2) is 25.0 Å². The molecule has 0 radical (unpaired) electrons. The van der Waals surface area contributed by atoms with Gasteiger partial charge in [0, 0.05) is 11.6 Å². The average Bonchev–Trinajstić information content (AvgIpc) is 2.46. The Hall–Kier alpha value is -2.43. The predicted molar refractivity (Wildman–Crippen MR) is 67.2 cm³/mol. The predicted octanol–water partition coefficient (Wildman–Crippen LogP) is 2.47. The fourth-order valence-electron chi connectivity index (χ4n) is 1.60. The summed E-state index contributed by atoms with van der Waals surface area (Å²) in [6.07, 6.45) is 1.00. The number of carbonyl (C=O) groups is 1. The molecule has 0 aliphatic carbocycles. The maximum Gasteiger partial charge on any atom is 0.211 e. The van der Waals surface area contributed by atoms with Gasteiger partial charge in [0.1, 0.15) is 23.0 Å². The van der Waals surface area contributed by atoms with Crippen LogP contribution in [0.4, 0.5) is 4.39 Å². The van der Waals surface area contributed by atoms with E-state index in [1.807, 2.05) is 0 Å². The Kier molecular flexibility index (Phi) is 3.75. The number of aromatic nitrogens is 1. The number of ether oxygens (including phenoxy) is 2.